The van der Waals surface area contributed by atoms with Crippen molar-refractivity contribution in [2.45, 2.75) is 13.3 Å². The number of hydrogen-bond acceptors (Lipinski definition) is 8. The Balaban J connectivity index is 1.15. The van der Waals surface area contributed by atoms with Crippen molar-refractivity contribution < 1.29 is 4.74 Å². The van der Waals surface area contributed by atoms with E-state index < -0.39 is 0 Å². The fraction of sp³-hybridized carbons (Fsp3) is 0.346. The highest BCUT2D eigenvalue weighted by Crippen LogP contribution is 2.28. The molecular formula is C26H28N8O. The molecule has 5 rings (SSSR count). The maximum absolute atomic E-state index is 9.48. The fourth-order valence-corrected chi connectivity index (χ4v) is 4.44. The molecule has 178 valence electrons. The molecule has 4 aromatic rings. The highest BCUT2D eigenvalue weighted by molar-refractivity contribution is 5.83. The number of nitriles is 1. The Morgan fingerprint density at radius 2 is 1.94 bits per heavy atom. The van der Waals surface area contributed by atoms with Crippen molar-refractivity contribution in [3.8, 4) is 23.1 Å². The Labute approximate surface area is 204 Å². The lowest BCUT2D eigenvalue weighted by molar-refractivity contribution is 0.224. The molecule has 0 bridgehead atoms. The maximum atomic E-state index is 9.48. The molecule has 0 atom stereocenters. The molecule has 1 saturated heterocycles. The van der Waals surface area contributed by atoms with Gasteiger partial charge in [0.25, 0.3) is 0 Å². The van der Waals surface area contributed by atoms with E-state index in [2.05, 4.69) is 42.2 Å². The average Bonchev–Trinajstić information content (AvgIpc) is 3.28. The van der Waals surface area contributed by atoms with Gasteiger partial charge in [-0.1, -0.05) is 11.3 Å². The second kappa shape index (κ2) is 10.1. The van der Waals surface area contributed by atoms with Gasteiger partial charge in [0.1, 0.15) is 23.2 Å². The van der Waals surface area contributed by atoms with E-state index >= 15 is 0 Å². The van der Waals surface area contributed by atoms with E-state index in [0.29, 0.717) is 12.1 Å². The number of rotatable bonds is 7. The first-order valence-corrected chi connectivity index (χ1v) is 11.8. The summed E-state index contributed by atoms with van der Waals surface area (Å²) >= 11 is 0. The predicted molar refractivity (Wildman–Crippen MR) is 134 cm³/mol. The normalized spacial score (nSPS) is 14.3. The van der Waals surface area contributed by atoms with E-state index in [-0.39, 0.29) is 5.69 Å². The summed E-state index contributed by atoms with van der Waals surface area (Å²) in [5.74, 6) is 1.93. The Morgan fingerprint density at radius 3 is 2.69 bits per heavy atom. The molecule has 0 aliphatic carbocycles. The van der Waals surface area contributed by atoms with Crippen molar-refractivity contribution in [3.05, 3.63) is 59.9 Å². The van der Waals surface area contributed by atoms with Crippen LogP contribution in [-0.4, -0.2) is 69.2 Å². The van der Waals surface area contributed by atoms with Gasteiger partial charge in [0.15, 0.2) is 5.69 Å². The van der Waals surface area contributed by atoms with Crippen LogP contribution in [-0.2, 0) is 7.05 Å². The summed E-state index contributed by atoms with van der Waals surface area (Å²) < 4.78 is 7.74. The van der Waals surface area contributed by atoms with Gasteiger partial charge in [0.05, 0.1) is 17.8 Å². The van der Waals surface area contributed by atoms with Crippen LogP contribution >= 0.6 is 0 Å². The van der Waals surface area contributed by atoms with Gasteiger partial charge in [-0.05, 0) is 55.3 Å². The summed E-state index contributed by atoms with van der Waals surface area (Å²) in [6.07, 6.45) is 2.83. The van der Waals surface area contributed by atoms with Crippen LogP contribution in [0.25, 0.3) is 22.3 Å². The maximum Gasteiger partial charge on any atom is 0.170 e. The van der Waals surface area contributed by atoms with Gasteiger partial charge < -0.3 is 9.64 Å². The lowest BCUT2D eigenvalue weighted by atomic mass is 10.1. The van der Waals surface area contributed by atoms with E-state index in [1.54, 1.807) is 4.68 Å². The number of anilines is 1. The first-order valence-electron chi connectivity index (χ1n) is 11.8. The van der Waals surface area contributed by atoms with Crippen LogP contribution in [0, 0.1) is 18.3 Å². The molecule has 1 aromatic carbocycles. The molecule has 0 amide bonds. The number of fused-ring (bicyclic) bond motifs is 1. The largest absolute Gasteiger partial charge is 0.493 e. The van der Waals surface area contributed by atoms with Crippen molar-refractivity contribution in [3.63, 3.8) is 0 Å². The van der Waals surface area contributed by atoms with Gasteiger partial charge in [0, 0.05) is 51.5 Å². The second-order valence-corrected chi connectivity index (χ2v) is 8.75. The molecule has 0 radical (unpaired) electrons. The Bertz CT molecular complexity index is 1350. The lowest BCUT2D eigenvalue weighted by Crippen LogP contribution is -2.47. The molecule has 3 aromatic heterocycles. The van der Waals surface area contributed by atoms with Crippen molar-refractivity contribution in [2.24, 2.45) is 7.05 Å². The van der Waals surface area contributed by atoms with Crippen LogP contribution < -0.4 is 9.64 Å². The molecule has 9 heteroatoms. The summed E-state index contributed by atoms with van der Waals surface area (Å²) in [5.41, 5.74) is 4.28. The number of ether oxygens (including phenoxy) is 1. The first-order chi connectivity index (χ1) is 17.1. The van der Waals surface area contributed by atoms with E-state index in [9.17, 15) is 5.26 Å². The minimum atomic E-state index is 0.282. The van der Waals surface area contributed by atoms with Crippen molar-refractivity contribution >= 4 is 16.9 Å². The zero-order valence-electron chi connectivity index (χ0n) is 20.1. The Morgan fingerprint density at radius 1 is 1.09 bits per heavy atom. The molecule has 1 aliphatic rings. The lowest BCUT2D eigenvalue weighted by Gasteiger charge is -2.35. The monoisotopic (exact) mass is 468 g/mol. The summed E-state index contributed by atoms with van der Waals surface area (Å²) in [6, 6.07) is 16.1. The quantitative estimate of drug-likeness (QED) is 0.382. The van der Waals surface area contributed by atoms with E-state index in [1.807, 2.05) is 56.6 Å². The molecule has 4 heterocycles. The molecular weight excluding hydrogens is 440 g/mol. The van der Waals surface area contributed by atoms with Gasteiger partial charge >= 0.3 is 0 Å². The number of nitrogens with zero attached hydrogens (tertiary/aromatic N) is 8. The third-order valence-corrected chi connectivity index (χ3v) is 6.40. The molecule has 9 nitrogen and oxygen atoms in total. The highest BCUT2D eigenvalue weighted by Gasteiger charge is 2.17. The topological polar surface area (TPSA) is 96.0 Å². The minimum Gasteiger partial charge on any atom is -0.493 e. The Hall–Kier alpha value is -4.03. The Kier molecular flexibility index (Phi) is 6.55. The standard InChI is InChI=1S/C26H28N8O/c1-19-16-20(21-17-23-26(22(18-27)29-21)30-31-32(23)2)7-8-24(19)35-15-5-10-33-11-13-34(14-12-33)25-6-3-4-9-28-25/h3-4,6-9,16-17H,5,10-15H2,1-2H3. The third kappa shape index (κ3) is 4.93. The smallest absolute Gasteiger partial charge is 0.170 e. The van der Waals surface area contributed by atoms with E-state index in [1.165, 1.54) is 0 Å². The molecule has 0 saturated carbocycles. The number of aromatic nitrogens is 5. The van der Waals surface area contributed by atoms with Crippen LogP contribution in [0.5, 0.6) is 5.75 Å². The van der Waals surface area contributed by atoms with Crippen LogP contribution in [0.3, 0.4) is 0 Å². The van der Waals surface area contributed by atoms with Crippen molar-refractivity contribution in [1.82, 2.24) is 29.9 Å². The summed E-state index contributed by atoms with van der Waals surface area (Å²) in [7, 11) is 1.81. The summed E-state index contributed by atoms with van der Waals surface area (Å²) in [5, 5.41) is 17.5. The van der Waals surface area contributed by atoms with E-state index in [0.717, 1.165) is 73.0 Å². The van der Waals surface area contributed by atoms with Crippen LogP contribution in [0.2, 0.25) is 0 Å². The van der Waals surface area contributed by atoms with Crippen molar-refractivity contribution in [1.29, 1.82) is 5.26 Å². The van der Waals surface area contributed by atoms with Gasteiger partial charge in [-0.15, -0.1) is 5.10 Å². The van der Waals surface area contributed by atoms with Crippen LogP contribution in [0.1, 0.15) is 17.7 Å². The third-order valence-electron chi connectivity index (χ3n) is 6.40. The first kappa shape index (κ1) is 22.7. The molecule has 0 spiro atoms. The molecule has 35 heavy (non-hydrogen) atoms. The number of piperazine rings is 1. The predicted octanol–water partition coefficient (Wildman–Crippen LogP) is 3.20. The number of pyridine rings is 2. The van der Waals surface area contributed by atoms with Gasteiger partial charge in [-0.25, -0.2) is 14.6 Å². The zero-order chi connectivity index (χ0) is 24.2. The molecule has 0 N–H and O–H groups in total. The SMILES string of the molecule is Cc1cc(-c2cc3c(nnn3C)c(C#N)n2)ccc1OCCCN1CCN(c2ccccn2)CC1. The second-order valence-electron chi connectivity index (χ2n) is 8.75. The van der Waals surface area contributed by atoms with E-state index in [4.69, 9.17) is 4.74 Å². The number of hydrogen-bond donors (Lipinski definition) is 0. The molecule has 1 aliphatic heterocycles. The van der Waals surface area contributed by atoms with Gasteiger partial charge in [-0.2, -0.15) is 5.26 Å². The highest BCUT2D eigenvalue weighted by atomic mass is 16.5. The number of aryl methyl sites for hydroxylation is 2. The molecule has 0 unspecified atom stereocenters. The van der Waals surface area contributed by atoms with Gasteiger partial charge in [0.2, 0.25) is 0 Å². The zero-order valence-corrected chi connectivity index (χ0v) is 20.1. The van der Waals surface area contributed by atoms with Crippen LogP contribution in [0.15, 0.2) is 48.7 Å². The summed E-state index contributed by atoms with van der Waals surface area (Å²) in [6.45, 7) is 7.81. The average molecular weight is 469 g/mol. The number of benzene rings is 1. The van der Waals surface area contributed by atoms with Gasteiger partial charge in [-0.3, -0.25) is 4.90 Å². The molecule has 1 fully saturated rings. The fourth-order valence-electron chi connectivity index (χ4n) is 4.44. The summed E-state index contributed by atoms with van der Waals surface area (Å²) in [4.78, 5) is 13.8. The minimum absolute atomic E-state index is 0.282. The van der Waals surface area contributed by atoms with Crippen LogP contribution in [0.4, 0.5) is 5.82 Å². The van der Waals surface area contributed by atoms with Crippen molar-refractivity contribution in [2.75, 3.05) is 44.2 Å².